The fourth-order valence-electron chi connectivity index (χ4n) is 2.87. The molecule has 0 saturated carbocycles. The van der Waals surface area contributed by atoms with E-state index in [2.05, 4.69) is 5.32 Å². The number of rotatable bonds is 4. The van der Waals surface area contributed by atoms with Gasteiger partial charge in [-0.15, -0.1) is 11.3 Å². The molecule has 2 rings (SSSR count). The number of esters is 1. The highest BCUT2D eigenvalue weighted by Gasteiger charge is 2.23. The molecule has 1 fully saturated rings. The summed E-state index contributed by atoms with van der Waals surface area (Å²) in [5, 5.41) is 3.53. The van der Waals surface area contributed by atoms with Crippen molar-refractivity contribution in [3.63, 3.8) is 0 Å². The Kier molecular flexibility index (Phi) is 5.97. The average Bonchev–Trinajstić information content (AvgIpc) is 2.68. The zero-order valence-corrected chi connectivity index (χ0v) is 14.4. The number of amides is 1. The van der Waals surface area contributed by atoms with Crippen LogP contribution in [0.5, 0.6) is 0 Å². The van der Waals surface area contributed by atoms with Gasteiger partial charge in [0.2, 0.25) is 0 Å². The normalized spacial score (nSPS) is 16.1. The van der Waals surface area contributed by atoms with Gasteiger partial charge in [-0.25, -0.2) is 4.79 Å². The van der Waals surface area contributed by atoms with E-state index in [0.29, 0.717) is 17.1 Å². The van der Waals surface area contributed by atoms with Gasteiger partial charge in [0.15, 0.2) is 6.54 Å². The van der Waals surface area contributed by atoms with Gasteiger partial charge in [-0.3, -0.25) is 4.79 Å². The first-order chi connectivity index (χ1) is 10.5. The number of ether oxygens (including phenoxy) is 1. The number of quaternary nitrogens is 1. The van der Waals surface area contributed by atoms with Crippen LogP contribution in [0.1, 0.15) is 46.5 Å². The van der Waals surface area contributed by atoms with E-state index < -0.39 is 0 Å². The van der Waals surface area contributed by atoms with E-state index in [9.17, 15) is 9.59 Å². The molecule has 0 radical (unpaired) electrons. The molecule has 5 nitrogen and oxygen atoms in total. The molecule has 1 amide bonds. The van der Waals surface area contributed by atoms with Crippen LogP contribution < -0.4 is 10.2 Å². The van der Waals surface area contributed by atoms with Crippen molar-refractivity contribution in [3.8, 4) is 0 Å². The molecule has 0 atom stereocenters. The Morgan fingerprint density at radius 3 is 2.41 bits per heavy atom. The SMILES string of the molecule is COC(=O)c1c(NC(=O)C[NH+]2CCCCCC2)sc(C)c1C. The lowest BCUT2D eigenvalue weighted by molar-refractivity contribution is -0.890. The summed E-state index contributed by atoms with van der Waals surface area (Å²) in [7, 11) is 1.36. The lowest BCUT2D eigenvalue weighted by atomic mass is 10.1. The molecule has 6 heteroatoms. The number of carbonyl (C=O) groups is 2. The predicted octanol–water partition coefficient (Wildman–Crippen LogP) is 1.55. The lowest BCUT2D eigenvalue weighted by Gasteiger charge is -2.16. The largest absolute Gasteiger partial charge is 0.465 e. The Labute approximate surface area is 135 Å². The molecular formula is C16H25N2O3S+. The minimum Gasteiger partial charge on any atom is -0.465 e. The summed E-state index contributed by atoms with van der Waals surface area (Å²) in [6.45, 7) is 6.41. The minimum atomic E-state index is -0.390. The molecule has 1 aliphatic heterocycles. The predicted molar refractivity (Wildman–Crippen MR) is 87.8 cm³/mol. The number of thiophene rings is 1. The van der Waals surface area contributed by atoms with Crippen LogP contribution in [0.25, 0.3) is 0 Å². The number of nitrogens with one attached hydrogen (secondary N) is 2. The van der Waals surface area contributed by atoms with Crippen LogP contribution in [0, 0.1) is 13.8 Å². The van der Waals surface area contributed by atoms with Gasteiger partial charge < -0.3 is 15.0 Å². The number of anilines is 1. The van der Waals surface area contributed by atoms with E-state index in [-0.39, 0.29) is 11.9 Å². The van der Waals surface area contributed by atoms with Crippen molar-refractivity contribution in [3.05, 3.63) is 16.0 Å². The lowest BCUT2D eigenvalue weighted by Crippen LogP contribution is -3.12. The number of methoxy groups -OCH3 is 1. The molecule has 0 aromatic carbocycles. The molecule has 1 aliphatic rings. The zero-order valence-electron chi connectivity index (χ0n) is 13.6. The molecule has 1 saturated heterocycles. The van der Waals surface area contributed by atoms with Crippen molar-refractivity contribution < 1.29 is 19.2 Å². The average molecular weight is 325 g/mol. The molecule has 2 N–H and O–H groups in total. The summed E-state index contributed by atoms with van der Waals surface area (Å²) in [5.41, 5.74) is 1.37. The summed E-state index contributed by atoms with van der Waals surface area (Å²) < 4.78 is 4.83. The Hall–Kier alpha value is -1.40. The maximum atomic E-state index is 12.3. The summed E-state index contributed by atoms with van der Waals surface area (Å²) >= 11 is 1.44. The Morgan fingerprint density at radius 1 is 1.18 bits per heavy atom. The highest BCUT2D eigenvalue weighted by atomic mass is 32.1. The molecule has 0 unspecified atom stereocenters. The second-order valence-corrected chi connectivity index (χ2v) is 7.09. The first-order valence-electron chi connectivity index (χ1n) is 7.84. The van der Waals surface area contributed by atoms with E-state index in [0.717, 1.165) is 23.5 Å². The number of hydrogen-bond donors (Lipinski definition) is 2. The van der Waals surface area contributed by atoms with E-state index >= 15 is 0 Å². The molecule has 122 valence electrons. The fourth-order valence-corrected chi connectivity index (χ4v) is 3.93. The molecular weight excluding hydrogens is 300 g/mol. The third kappa shape index (κ3) is 4.08. The van der Waals surface area contributed by atoms with Crippen molar-refractivity contribution in [1.82, 2.24) is 0 Å². The maximum Gasteiger partial charge on any atom is 0.341 e. The fraction of sp³-hybridized carbons (Fsp3) is 0.625. The second-order valence-electron chi connectivity index (χ2n) is 5.87. The van der Waals surface area contributed by atoms with E-state index in [1.165, 1.54) is 49.0 Å². The van der Waals surface area contributed by atoms with Gasteiger partial charge in [-0.05, 0) is 45.1 Å². The molecule has 22 heavy (non-hydrogen) atoms. The van der Waals surface area contributed by atoms with Gasteiger partial charge in [0, 0.05) is 4.88 Å². The van der Waals surface area contributed by atoms with Crippen molar-refractivity contribution in [1.29, 1.82) is 0 Å². The summed E-state index contributed by atoms with van der Waals surface area (Å²) in [4.78, 5) is 26.6. The standard InChI is InChI=1S/C16H24N2O3S/c1-11-12(2)22-15(14(11)16(20)21-3)17-13(19)10-18-8-6-4-5-7-9-18/h4-10H2,1-3H3,(H,17,19)/p+1. The first-order valence-corrected chi connectivity index (χ1v) is 8.66. The molecule has 2 heterocycles. The molecule has 0 spiro atoms. The smallest absolute Gasteiger partial charge is 0.341 e. The Bertz CT molecular complexity index is 546. The highest BCUT2D eigenvalue weighted by molar-refractivity contribution is 7.16. The maximum absolute atomic E-state index is 12.3. The number of likely N-dealkylation sites (tertiary alicyclic amines) is 1. The first kappa shape index (κ1) is 17.0. The van der Waals surface area contributed by atoms with Gasteiger partial charge in [0.1, 0.15) is 5.00 Å². The van der Waals surface area contributed by atoms with Gasteiger partial charge in [0.05, 0.1) is 25.8 Å². The summed E-state index contributed by atoms with van der Waals surface area (Å²) in [5.74, 6) is -0.414. The number of aryl methyl sites for hydroxylation is 1. The van der Waals surface area contributed by atoms with Crippen LogP contribution in [0.4, 0.5) is 5.00 Å². The summed E-state index contributed by atoms with van der Waals surface area (Å²) in [6.07, 6.45) is 4.91. The quantitative estimate of drug-likeness (QED) is 0.826. The highest BCUT2D eigenvalue weighted by Crippen LogP contribution is 2.32. The topological polar surface area (TPSA) is 59.8 Å². The van der Waals surface area contributed by atoms with Gasteiger partial charge in [0.25, 0.3) is 5.91 Å². The second kappa shape index (κ2) is 7.74. The Morgan fingerprint density at radius 2 is 1.82 bits per heavy atom. The van der Waals surface area contributed by atoms with Crippen molar-refractivity contribution in [2.24, 2.45) is 0 Å². The van der Waals surface area contributed by atoms with Crippen molar-refractivity contribution in [2.75, 3.05) is 32.1 Å². The van der Waals surface area contributed by atoms with Gasteiger partial charge >= 0.3 is 5.97 Å². The molecule has 1 aromatic rings. The third-order valence-corrected chi connectivity index (χ3v) is 5.37. The minimum absolute atomic E-state index is 0.0247. The van der Waals surface area contributed by atoms with Crippen LogP contribution in [-0.4, -0.2) is 38.6 Å². The molecule has 0 bridgehead atoms. The number of carbonyl (C=O) groups excluding carboxylic acids is 2. The van der Waals surface area contributed by atoms with Crippen molar-refractivity contribution >= 4 is 28.2 Å². The van der Waals surface area contributed by atoms with Crippen LogP contribution in [0.3, 0.4) is 0 Å². The van der Waals surface area contributed by atoms with E-state index in [1.807, 2.05) is 13.8 Å². The number of hydrogen-bond acceptors (Lipinski definition) is 4. The Balaban J connectivity index is 2.04. The van der Waals surface area contributed by atoms with Crippen LogP contribution >= 0.6 is 11.3 Å². The van der Waals surface area contributed by atoms with Crippen molar-refractivity contribution in [2.45, 2.75) is 39.5 Å². The monoisotopic (exact) mass is 325 g/mol. The van der Waals surface area contributed by atoms with E-state index in [4.69, 9.17) is 4.74 Å². The van der Waals surface area contributed by atoms with Gasteiger partial charge in [-0.2, -0.15) is 0 Å². The molecule has 0 aliphatic carbocycles. The van der Waals surface area contributed by atoms with E-state index in [1.54, 1.807) is 0 Å². The van der Waals surface area contributed by atoms with Crippen LogP contribution in [-0.2, 0) is 9.53 Å². The van der Waals surface area contributed by atoms with Gasteiger partial charge in [-0.1, -0.05) is 0 Å². The zero-order chi connectivity index (χ0) is 16.1. The van der Waals surface area contributed by atoms with Crippen LogP contribution in [0.15, 0.2) is 0 Å². The summed E-state index contributed by atoms with van der Waals surface area (Å²) in [6, 6.07) is 0. The third-order valence-electron chi connectivity index (χ3n) is 4.25. The van der Waals surface area contributed by atoms with Crippen LogP contribution in [0.2, 0.25) is 0 Å². The molecule has 1 aromatic heterocycles.